The predicted molar refractivity (Wildman–Crippen MR) is 76.5 cm³/mol. The van der Waals surface area contributed by atoms with Gasteiger partial charge in [-0.25, -0.2) is 0 Å². The summed E-state index contributed by atoms with van der Waals surface area (Å²) in [5.41, 5.74) is 1.44. The van der Waals surface area contributed by atoms with E-state index in [-0.39, 0.29) is 4.08 Å². The zero-order valence-electron chi connectivity index (χ0n) is 8.76. The molecule has 1 aromatic carbocycles. The maximum Gasteiger partial charge on any atom is 0.120 e. The van der Waals surface area contributed by atoms with Crippen LogP contribution < -0.4 is 0 Å². The Labute approximate surface area is 108 Å². The summed E-state index contributed by atoms with van der Waals surface area (Å²) >= 11 is 6.02. The second-order valence-electron chi connectivity index (χ2n) is 3.66. The molecule has 1 aliphatic rings. The van der Waals surface area contributed by atoms with Crippen LogP contribution in [0.4, 0.5) is 0 Å². The van der Waals surface area contributed by atoms with Gasteiger partial charge in [-0.2, -0.15) is 0 Å². The van der Waals surface area contributed by atoms with Crippen molar-refractivity contribution in [2.24, 2.45) is 0 Å². The highest BCUT2D eigenvalue weighted by atomic mass is 32.2. The molecule has 3 rings (SSSR count). The average molecular weight is 264 g/mol. The molecule has 0 nitrogen and oxygen atoms in total. The van der Waals surface area contributed by atoms with Gasteiger partial charge in [0.05, 0.1) is 0 Å². The maximum atomic E-state index is 2.27. The molecule has 2 heterocycles. The maximum absolute atomic E-state index is 2.27. The number of hydrogen-bond acceptors (Lipinski definition) is 3. The number of thioether (sulfide) groups is 2. The summed E-state index contributed by atoms with van der Waals surface area (Å²) in [6.45, 7) is 0. The third-order valence-electron chi connectivity index (χ3n) is 2.69. The first-order valence-electron chi connectivity index (χ1n) is 5.29. The van der Waals surface area contributed by atoms with Crippen LogP contribution in [0.3, 0.4) is 0 Å². The number of thiophene rings is 1. The van der Waals surface area contributed by atoms with Gasteiger partial charge in [-0.3, -0.25) is 0 Å². The molecule has 0 bridgehead atoms. The van der Waals surface area contributed by atoms with E-state index < -0.39 is 0 Å². The van der Waals surface area contributed by atoms with Crippen molar-refractivity contribution < 1.29 is 0 Å². The summed E-state index contributed by atoms with van der Waals surface area (Å²) in [6.07, 6.45) is 0. The zero-order valence-corrected chi connectivity index (χ0v) is 11.2. The molecular weight excluding hydrogens is 252 g/mol. The lowest BCUT2D eigenvalue weighted by atomic mass is 10.1. The van der Waals surface area contributed by atoms with Crippen LogP contribution in [0.2, 0.25) is 0 Å². The lowest BCUT2D eigenvalue weighted by Gasteiger charge is -2.26. The van der Waals surface area contributed by atoms with Crippen molar-refractivity contribution in [1.82, 2.24) is 0 Å². The summed E-state index contributed by atoms with van der Waals surface area (Å²) in [5.74, 6) is 2.49. The Hall–Kier alpha value is -0.380. The van der Waals surface area contributed by atoms with Crippen LogP contribution in [0.25, 0.3) is 0 Å². The van der Waals surface area contributed by atoms with E-state index in [1.807, 2.05) is 11.3 Å². The third kappa shape index (κ3) is 1.71. The van der Waals surface area contributed by atoms with Crippen LogP contribution in [-0.2, 0) is 4.08 Å². The Morgan fingerprint density at radius 1 is 0.875 bits per heavy atom. The van der Waals surface area contributed by atoms with Gasteiger partial charge in [-0.1, -0.05) is 36.4 Å². The molecule has 1 fully saturated rings. The molecule has 0 N–H and O–H groups in total. The minimum absolute atomic E-state index is 0.162. The van der Waals surface area contributed by atoms with Gasteiger partial charge in [0.2, 0.25) is 0 Å². The summed E-state index contributed by atoms with van der Waals surface area (Å²) in [4.78, 5) is 1.48. The molecule has 1 aromatic heterocycles. The summed E-state index contributed by atoms with van der Waals surface area (Å²) in [6, 6.07) is 15.3. The van der Waals surface area contributed by atoms with E-state index in [1.165, 1.54) is 21.9 Å². The fourth-order valence-electron chi connectivity index (χ4n) is 1.99. The molecular formula is C13H12S3. The SMILES string of the molecule is c1ccc(C2(c3cccs3)SCCS2)cc1. The van der Waals surface area contributed by atoms with E-state index in [9.17, 15) is 0 Å². The molecule has 0 saturated carbocycles. The monoisotopic (exact) mass is 264 g/mol. The van der Waals surface area contributed by atoms with Crippen LogP contribution in [0.15, 0.2) is 47.8 Å². The molecule has 16 heavy (non-hydrogen) atoms. The van der Waals surface area contributed by atoms with Gasteiger partial charge in [0.1, 0.15) is 4.08 Å². The van der Waals surface area contributed by atoms with E-state index in [0.29, 0.717) is 0 Å². The van der Waals surface area contributed by atoms with Crippen LogP contribution in [0, 0.1) is 0 Å². The average Bonchev–Trinajstić information content (AvgIpc) is 3.02. The van der Waals surface area contributed by atoms with Crippen molar-refractivity contribution in [3.8, 4) is 0 Å². The fraction of sp³-hybridized carbons (Fsp3) is 0.231. The van der Waals surface area contributed by atoms with Gasteiger partial charge < -0.3 is 0 Å². The van der Waals surface area contributed by atoms with Crippen molar-refractivity contribution in [1.29, 1.82) is 0 Å². The second kappa shape index (κ2) is 4.47. The Kier molecular flexibility index (Phi) is 3.01. The van der Waals surface area contributed by atoms with E-state index in [1.54, 1.807) is 0 Å². The highest BCUT2D eigenvalue weighted by molar-refractivity contribution is 8.21. The molecule has 0 radical (unpaired) electrons. The molecule has 0 amide bonds. The zero-order chi connectivity index (χ0) is 10.8. The molecule has 0 unspecified atom stereocenters. The molecule has 1 saturated heterocycles. The highest BCUT2D eigenvalue weighted by Gasteiger charge is 2.39. The first-order chi connectivity index (χ1) is 7.92. The molecule has 1 aliphatic heterocycles. The predicted octanol–water partition coefficient (Wildman–Crippen LogP) is 4.43. The summed E-state index contributed by atoms with van der Waals surface area (Å²) in [5, 5.41) is 2.18. The smallest absolute Gasteiger partial charge is 0.120 e. The summed E-state index contributed by atoms with van der Waals surface area (Å²) < 4.78 is 0.162. The molecule has 0 aliphatic carbocycles. The lowest BCUT2D eigenvalue weighted by Crippen LogP contribution is -2.14. The van der Waals surface area contributed by atoms with Gasteiger partial charge >= 0.3 is 0 Å². The minimum atomic E-state index is 0.162. The Morgan fingerprint density at radius 2 is 1.62 bits per heavy atom. The fourth-order valence-corrected chi connectivity index (χ4v) is 6.46. The highest BCUT2D eigenvalue weighted by Crippen LogP contribution is 2.57. The molecule has 0 spiro atoms. The number of hydrogen-bond donors (Lipinski definition) is 0. The quantitative estimate of drug-likeness (QED) is 0.787. The minimum Gasteiger partial charge on any atom is -0.146 e. The van der Waals surface area contributed by atoms with Crippen LogP contribution in [0.1, 0.15) is 10.4 Å². The molecule has 0 atom stereocenters. The third-order valence-corrected chi connectivity index (χ3v) is 7.45. The molecule has 82 valence electrons. The van der Waals surface area contributed by atoms with Crippen LogP contribution in [-0.4, -0.2) is 11.5 Å². The van der Waals surface area contributed by atoms with Crippen LogP contribution >= 0.6 is 34.9 Å². The largest absolute Gasteiger partial charge is 0.146 e. The molecule has 3 heteroatoms. The standard InChI is InChI=1S/C13H12S3/c1-2-5-11(6-3-1)13(15-9-10-16-13)12-7-4-8-14-12/h1-8H,9-10H2. The number of rotatable bonds is 2. The molecule has 2 aromatic rings. The van der Waals surface area contributed by atoms with Crippen molar-refractivity contribution in [3.63, 3.8) is 0 Å². The van der Waals surface area contributed by atoms with Gasteiger partial charge in [-0.05, 0) is 17.0 Å². The Morgan fingerprint density at radius 3 is 2.25 bits per heavy atom. The van der Waals surface area contributed by atoms with Gasteiger partial charge in [0, 0.05) is 16.4 Å². The topological polar surface area (TPSA) is 0 Å². The van der Waals surface area contributed by atoms with Crippen molar-refractivity contribution in [2.75, 3.05) is 11.5 Å². The second-order valence-corrected chi connectivity index (χ2v) is 7.48. The van der Waals surface area contributed by atoms with E-state index in [4.69, 9.17) is 0 Å². The van der Waals surface area contributed by atoms with Gasteiger partial charge in [-0.15, -0.1) is 34.9 Å². The number of benzene rings is 1. The Balaban J connectivity index is 2.11. The van der Waals surface area contributed by atoms with Crippen molar-refractivity contribution >= 4 is 34.9 Å². The van der Waals surface area contributed by atoms with E-state index >= 15 is 0 Å². The van der Waals surface area contributed by atoms with Gasteiger partial charge in [0.25, 0.3) is 0 Å². The van der Waals surface area contributed by atoms with Crippen LogP contribution in [0.5, 0.6) is 0 Å². The first kappa shape index (κ1) is 10.8. The van der Waals surface area contributed by atoms with E-state index in [0.717, 1.165) is 0 Å². The lowest BCUT2D eigenvalue weighted by molar-refractivity contribution is 1.12. The van der Waals surface area contributed by atoms with Gasteiger partial charge in [0.15, 0.2) is 0 Å². The first-order valence-corrected chi connectivity index (χ1v) is 8.14. The Bertz CT molecular complexity index is 441. The van der Waals surface area contributed by atoms with Crippen molar-refractivity contribution in [3.05, 3.63) is 58.3 Å². The van der Waals surface area contributed by atoms with E-state index in [2.05, 4.69) is 71.4 Å². The van der Waals surface area contributed by atoms with Crippen molar-refractivity contribution in [2.45, 2.75) is 4.08 Å². The normalized spacial score (nSPS) is 18.8. The summed E-state index contributed by atoms with van der Waals surface area (Å²) in [7, 11) is 0.